The van der Waals surface area contributed by atoms with Crippen molar-refractivity contribution in [3.8, 4) is 17.2 Å². The summed E-state index contributed by atoms with van der Waals surface area (Å²) in [4.78, 5) is 39.1. The number of nitrogens with zero attached hydrogens (tertiary/aromatic N) is 3. The van der Waals surface area contributed by atoms with Gasteiger partial charge in [0, 0.05) is 44.2 Å². The van der Waals surface area contributed by atoms with Crippen LogP contribution in [0.1, 0.15) is 62.5 Å². The average Bonchev–Trinajstić information content (AvgIpc) is 3.56. The van der Waals surface area contributed by atoms with E-state index < -0.39 is 17.8 Å². The molecule has 3 aliphatic heterocycles. The van der Waals surface area contributed by atoms with Gasteiger partial charge in [-0.25, -0.2) is 9.18 Å². The maximum Gasteiger partial charge on any atom is 0.356 e. The molecule has 0 aliphatic carbocycles. The number of carboxylic acid groups (broad SMARTS) is 1. The quantitative estimate of drug-likeness (QED) is 0.281. The van der Waals surface area contributed by atoms with Crippen molar-refractivity contribution in [2.24, 2.45) is 0 Å². The molecule has 1 atom stereocenters. The molecule has 258 valence electrons. The third-order valence-corrected chi connectivity index (χ3v) is 8.24. The second-order valence-electron chi connectivity index (χ2n) is 11.5. The second-order valence-corrected chi connectivity index (χ2v) is 11.5. The van der Waals surface area contributed by atoms with Gasteiger partial charge in [-0.3, -0.25) is 19.6 Å². The number of esters is 1. The lowest BCUT2D eigenvalue weighted by Gasteiger charge is -2.38. The Balaban J connectivity index is 0.00000111. The van der Waals surface area contributed by atoms with E-state index in [4.69, 9.17) is 28.8 Å². The summed E-state index contributed by atoms with van der Waals surface area (Å²) in [7, 11) is 2.73. The molecule has 0 saturated heterocycles. The summed E-state index contributed by atoms with van der Waals surface area (Å²) < 4.78 is 36.6. The van der Waals surface area contributed by atoms with Gasteiger partial charge in [-0.1, -0.05) is 18.2 Å². The number of carbonyl (C=O) groups excluding carboxylic acids is 2. The van der Waals surface area contributed by atoms with Crippen LogP contribution in [0.2, 0.25) is 0 Å². The summed E-state index contributed by atoms with van der Waals surface area (Å²) in [5.41, 5.74) is 4.45. The van der Waals surface area contributed by atoms with Crippen LogP contribution in [0.25, 0.3) is 0 Å². The summed E-state index contributed by atoms with van der Waals surface area (Å²) in [5, 5.41) is 14.2. The van der Waals surface area contributed by atoms with Crippen molar-refractivity contribution in [3.05, 3.63) is 106 Å². The van der Waals surface area contributed by atoms with E-state index >= 15 is 0 Å². The van der Waals surface area contributed by atoms with Gasteiger partial charge in [-0.05, 0) is 72.0 Å². The van der Waals surface area contributed by atoms with Crippen molar-refractivity contribution in [3.63, 3.8) is 0 Å². The van der Waals surface area contributed by atoms with E-state index in [1.165, 1.54) is 32.4 Å². The Labute approximate surface area is 283 Å². The summed E-state index contributed by atoms with van der Waals surface area (Å²) in [5.74, 6) is -0.536. The van der Waals surface area contributed by atoms with Gasteiger partial charge in [0.25, 0.3) is 11.9 Å². The number of carboxylic acids is 1. The molecule has 4 aromatic rings. The first kappa shape index (κ1) is 34.9. The number of aromatic nitrogens is 2. The summed E-state index contributed by atoms with van der Waals surface area (Å²) >= 11 is 0. The fraction of sp³-hybridized carbons (Fsp3) is 0.333. The number of hydrogen-bond donors (Lipinski definition) is 2. The average molecular weight is 675 g/mol. The highest BCUT2D eigenvalue weighted by Crippen LogP contribution is 2.39. The van der Waals surface area contributed by atoms with Crippen molar-refractivity contribution in [2.45, 2.75) is 32.4 Å². The van der Waals surface area contributed by atoms with Crippen molar-refractivity contribution >= 4 is 17.8 Å². The number of ether oxygens (including phenoxy) is 4. The lowest BCUT2D eigenvalue weighted by molar-refractivity contribution is -0.134. The summed E-state index contributed by atoms with van der Waals surface area (Å²) in [6, 6.07) is 17.6. The first-order valence-corrected chi connectivity index (χ1v) is 15.8. The number of aromatic amines is 1. The Morgan fingerprint density at radius 1 is 1.00 bits per heavy atom. The van der Waals surface area contributed by atoms with E-state index in [1.54, 1.807) is 6.20 Å². The Bertz CT molecular complexity index is 1790. The molecule has 0 fully saturated rings. The van der Waals surface area contributed by atoms with Gasteiger partial charge in [-0.15, -0.1) is 0 Å². The molecule has 13 heteroatoms. The fourth-order valence-electron chi connectivity index (χ4n) is 6.00. The Morgan fingerprint density at radius 3 is 2.55 bits per heavy atom. The van der Waals surface area contributed by atoms with Gasteiger partial charge in [-0.2, -0.15) is 5.10 Å². The molecule has 0 saturated carbocycles. The molecule has 2 N–H and O–H groups in total. The SMILES string of the molecule is CC(=O)O.COC(=O)c1[nH]ncc1CN1CCCOc2cccc(c2)C2c3ccc(cc3CCN2C(=O)c2ccc(F)c(OC)c2)OCC1. The molecule has 0 spiro atoms. The Kier molecular flexibility index (Phi) is 11.5. The Hall–Kier alpha value is -5.43. The smallest absolute Gasteiger partial charge is 0.356 e. The highest BCUT2D eigenvalue weighted by Gasteiger charge is 2.33. The van der Waals surface area contributed by atoms with Crippen LogP contribution in [-0.2, 0) is 22.5 Å². The molecular weight excluding hydrogens is 635 g/mol. The Morgan fingerprint density at radius 2 is 1.78 bits per heavy atom. The van der Waals surface area contributed by atoms with Gasteiger partial charge < -0.3 is 29.0 Å². The highest BCUT2D eigenvalue weighted by molar-refractivity contribution is 5.95. The minimum atomic E-state index is -0.833. The molecule has 3 aliphatic rings. The standard InChI is InChI=1S/C34H35FN4O6.C2H4O2/c1-42-30-19-24(7-10-29(30)35)33(40)39-13-11-22-17-27-8-9-28(22)32(39)23-5-3-6-26(18-23)44-15-4-12-38(14-16-45-27)21-25-20-36-37-31(25)34(41)43-2;1-2(3)4/h3,5-10,17-20,32H,4,11-16,21H2,1-2H3,(H,36,37);1H3,(H,3,4). The van der Waals surface area contributed by atoms with Gasteiger partial charge >= 0.3 is 5.97 Å². The molecule has 7 rings (SSSR count). The zero-order valence-corrected chi connectivity index (χ0v) is 27.6. The van der Waals surface area contributed by atoms with E-state index in [2.05, 4.69) is 15.1 Å². The number of carbonyl (C=O) groups is 3. The number of benzene rings is 3. The maximum atomic E-state index is 14.2. The van der Waals surface area contributed by atoms with E-state index in [-0.39, 0.29) is 17.7 Å². The van der Waals surface area contributed by atoms with Crippen LogP contribution in [0.3, 0.4) is 0 Å². The van der Waals surface area contributed by atoms with Gasteiger partial charge in [0.2, 0.25) is 0 Å². The zero-order valence-electron chi connectivity index (χ0n) is 27.6. The van der Waals surface area contributed by atoms with Crippen LogP contribution < -0.4 is 14.2 Å². The van der Waals surface area contributed by atoms with Gasteiger partial charge in [0.15, 0.2) is 11.6 Å². The minimum absolute atomic E-state index is 0.0284. The molecule has 4 heterocycles. The molecule has 12 nitrogen and oxygen atoms in total. The molecular formula is C36H39FN4O8. The van der Waals surface area contributed by atoms with Gasteiger partial charge in [0.1, 0.15) is 23.8 Å². The van der Waals surface area contributed by atoms with E-state index in [0.29, 0.717) is 62.8 Å². The summed E-state index contributed by atoms with van der Waals surface area (Å²) in [6.07, 6.45) is 3.01. The fourth-order valence-corrected chi connectivity index (χ4v) is 6.00. The number of nitrogens with one attached hydrogen (secondary N) is 1. The van der Waals surface area contributed by atoms with Crippen LogP contribution in [-0.4, -0.2) is 90.0 Å². The number of hydrogen-bond acceptors (Lipinski definition) is 9. The number of amides is 1. The highest BCUT2D eigenvalue weighted by atomic mass is 19.1. The minimum Gasteiger partial charge on any atom is -0.494 e. The number of aliphatic carboxylic acids is 1. The van der Waals surface area contributed by atoms with Crippen molar-refractivity contribution in [2.75, 3.05) is 47.1 Å². The third-order valence-electron chi connectivity index (χ3n) is 8.24. The molecule has 49 heavy (non-hydrogen) atoms. The first-order valence-electron chi connectivity index (χ1n) is 15.8. The number of H-pyrrole nitrogens is 1. The van der Waals surface area contributed by atoms with Crippen molar-refractivity contribution in [1.82, 2.24) is 20.0 Å². The van der Waals surface area contributed by atoms with E-state index in [9.17, 15) is 14.0 Å². The van der Waals surface area contributed by atoms with Crippen LogP contribution >= 0.6 is 0 Å². The lowest BCUT2D eigenvalue weighted by Crippen LogP contribution is -2.40. The van der Waals surface area contributed by atoms with Crippen LogP contribution in [0.15, 0.2) is 66.9 Å². The number of methoxy groups -OCH3 is 2. The van der Waals surface area contributed by atoms with Crippen LogP contribution in [0.4, 0.5) is 4.39 Å². The molecule has 3 aromatic carbocycles. The van der Waals surface area contributed by atoms with E-state index in [1.807, 2.05) is 47.4 Å². The molecule has 6 bridgehead atoms. The molecule has 0 radical (unpaired) electrons. The second kappa shape index (κ2) is 16.1. The number of rotatable bonds is 5. The van der Waals surface area contributed by atoms with E-state index in [0.717, 1.165) is 41.3 Å². The van der Waals surface area contributed by atoms with Gasteiger partial charge in [0.05, 0.1) is 33.1 Å². The summed E-state index contributed by atoms with van der Waals surface area (Å²) in [6.45, 7) is 4.26. The topological polar surface area (TPSA) is 144 Å². The predicted octanol–water partition coefficient (Wildman–Crippen LogP) is 4.89. The predicted molar refractivity (Wildman–Crippen MR) is 177 cm³/mol. The van der Waals surface area contributed by atoms with Crippen LogP contribution in [0.5, 0.6) is 17.2 Å². The molecule has 1 aromatic heterocycles. The first-order chi connectivity index (χ1) is 23.7. The maximum absolute atomic E-state index is 14.2. The molecule has 1 amide bonds. The number of fused-ring (bicyclic) bond motifs is 8. The molecule has 1 unspecified atom stereocenters. The van der Waals surface area contributed by atoms with Crippen molar-refractivity contribution < 1.29 is 42.8 Å². The lowest BCUT2D eigenvalue weighted by atomic mass is 9.87. The largest absolute Gasteiger partial charge is 0.494 e. The van der Waals surface area contributed by atoms with Crippen molar-refractivity contribution in [1.29, 1.82) is 0 Å². The van der Waals surface area contributed by atoms with Crippen LogP contribution in [0, 0.1) is 5.82 Å². The number of halogens is 1. The zero-order chi connectivity index (χ0) is 34.9. The third kappa shape index (κ3) is 8.54. The normalized spacial score (nSPS) is 16.0. The monoisotopic (exact) mass is 674 g/mol.